The largest absolute Gasteiger partial charge is 0.495 e. The molecule has 0 radical (unpaired) electrons. The van der Waals surface area contributed by atoms with Gasteiger partial charge in [0.25, 0.3) is 0 Å². The number of likely N-dealkylation sites (N-methyl/N-ethyl adjacent to an activating group) is 1. The highest BCUT2D eigenvalue weighted by Gasteiger charge is 2.15. The zero-order valence-corrected chi connectivity index (χ0v) is 16.1. The highest BCUT2D eigenvalue weighted by molar-refractivity contribution is 6.31. The van der Waals surface area contributed by atoms with Crippen LogP contribution >= 0.6 is 23.2 Å². The van der Waals surface area contributed by atoms with Crippen molar-refractivity contribution in [2.45, 2.75) is 12.8 Å². The predicted octanol–water partition coefficient (Wildman–Crippen LogP) is 4.03. The minimum atomic E-state index is -0.334. The van der Waals surface area contributed by atoms with Crippen molar-refractivity contribution in [1.29, 1.82) is 0 Å². The van der Waals surface area contributed by atoms with Crippen LogP contribution in [-0.2, 0) is 16.0 Å². The first-order valence-corrected chi connectivity index (χ1v) is 8.77. The minimum absolute atomic E-state index is 0.0724. The molecule has 0 aliphatic heterocycles. The van der Waals surface area contributed by atoms with E-state index in [1.165, 1.54) is 12.0 Å². The van der Waals surface area contributed by atoms with Crippen molar-refractivity contribution in [1.82, 2.24) is 4.90 Å². The normalized spacial score (nSPS) is 10.3. The van der Waals surface area contributed by atoms with Crippen LogP contribution in [0.25, 0.3) is 0 Å². The number of rotatable bonds is 7. The number of ether oxygens (including phenoxy) is 1. The maximum atomic E-state index is 12.2. The van der Waals surface area contributed by atoms with Crippen LogP contribution in [0.5, 0.6) is 5.75 Å². The lowest BCUT2D eigenvalue weighted by molar-refractivity contribution is -0.133. The van der Waals surface area contributed by atoms with Gasteiger partial charge in [0.1, 0.15) is 5.75 Å². The number of carbonyl (C=O) groups excluding carboxylic acids is 2. The maximum absolute atomic E-state index is 12.2. The molecular formula is C19H20Cl2N2O3. The quantitative estimate of drug-likeness (QED) is 0.770. The summed E-state index contributed by atoms with van der Waals surface area (Å²) in [5.74, 6) is 0.0211. The summed E-state index contributed by atoms with van der Waals surface area (Å²) in [5, 5.41) is 3.82. The molecule has 2 rings (SSSR count). The standard InChI is InChI=1S/C19H20Cl2N2O3/c1-23(19(25)10-7-13-5-3-4-6-15(13)21)12-18(24)22-16-11-14(20)8-9-17(16)26-2/h3-6,8-9,11H,7,10,12H2,1-2H3,(H,22,24). The molecular weight excluding hydrogens is 375 g/mol. The van der Waals surface area contributed by atoms with Gasteiger partial charge in [0.2, 0.25) is 11.8 Å². The SMILES string of the molecule is COc1ccc(Cl)cc1NC(=O)CN(C)C(=O)CCc1ccccc1Cl. The fourth-order valence-electron chi connectivity index (χ4n) is 2.40. The molecule has 138 valence electrons. The van der Waals surface area contributed by atoms with E-state index >= 15 is 0 Å². The van der Waals surface area contributed by atoms with E-state index in [0.29, 0.717) is 27.9 Å². The number of benzene rings is 2. The Morgan fingerprint density at radius 1 is 1.15 bits per heavy atom. The van der Waals surface area contributed by atoms with E-state index < -0.39 is 0 Å². The summed E-state index contributed by atoms with van der Waals surface area (Å²) in [6, 6.07) is 12.3. The molecule has 2 amide bonds. The summed E-state index contributed by atoms with van der Waals surface area (Å²) < 4.78 is 5.19. The predicted molar refractivity (Wildman–Crippen MR) is 104 cm³/mol. The number of hydrogen-bond acceptors (Lipinski definition) is 3. The summed E-state index contributed by atoms with van der Waals surface area (Å²) in [4.78, 5) is 25.8. The summed E-state index contributed by atoms with van der Waals surface area (Å²) in [6.45, 7) is -0.0724. The number of carbonyl (C=O) groups is 2. The number of nitrogens with zero attached hydrogens (tertiary/aromatic N) is 1. The molecule has 26 heavy (non-hydrogen) atoms. The third kappa shape index (κ3) is 5.64. The molecule has 2 aromatic carbocycles. The van der Waals surface area contributed by atoms with E-state index in [1.54, 1.807) is 31.3 Å². The van der Waals surface area contributed by atoms with Gasteiger partial charge in [-0.05, 0) is 36.2 Å². The third-order valence-electron chi connectivity index (χ3n) is 3.81. The van der Waals surface area contributed by atoms with Crippen LogP contribution in [0.15, 0.2) is 42.5 Å². The van der Waals surface area contributed by atoms with Gasteiger partial charge < -0.3 is 15.0 Å². The second kappa shape index (κ2) is 9.46. The molecule has 0 aliphatic carbocycles. The number of hydrogen-bond donors (Lipinski definition) is 1. The molecule has 0 aromatic heterocycles. The van der Waals surface area contributed by atoms with Crippen molar-refractivity contribution >= 4 is 40.7 Å². The second-order valence-corrected chi connectivity index (χ2v) is 6.58. The first-order chi connectivity index (χ1) is 12.4. The molecule has 1 N–H and O–H groups in total. The number of aryl methyl sites for hydroxylation is 1. The zero-order valence-electron chi connectivity index (χ0n) is 14.6. The van der Waals surface area contributed by atoms with Gasteiger partial charge in [-0.25, -0.2) is 0 Å². The van der Waals surface area contributed by atoms with Crippen LogP contribution < -0.4 is 10.1 Å². The first-order valence-electron chi connectivity index (χ1n) is 8.01. The van der Waals surface area contributed by atoms with Gasteiger partial charge in [-0.15, -0.1) is 0 Å². The Hall–Kier alpha value is -2.24. The van der Waals surface area contributed by atoms with Crippen LogP contribution in [0.1, 0.15) is 12.0 Å². The van der Waals surface area contributed by atoms with Crippen LogP contribution in [0, 0.1) is 0 Å². The van der Waals surface area contributed by atoms with E-state index in [2.05, 4.69) is 5.32 Å². The Labute approximate surface area is 162 Å². The molecule has 0 unspecified atom stereocenters. The Morgan fingerprint density at radius 3 is 2.58 bits per heavy atom. The average Bonchev–Trinajstić information content (AvgIpc) is 2.60. The molecule has 0 aliphatic rings. The molecule has 0 bridgehead atoms. The smallest absolute Gasteiger partial charge is 0.244 e. The number of halogens is 2. The van der Waals surface area contributed by atoms with E-state index in [1.807, 2.05) is 18.2 Å². The average molecular weight is 395 g/mol. The second-order valence-electron chi connectivity index (χ2n) is 5.73. The van der Waals surface area contributed by atoms with Crippen LogP contribution in [0.3, 0.4) is 0 Å². The molecule has 7 heteroatoms. The van der Waals surface area contributed by atoms with Crippen molar-refractivity contribution < 1.29 is 14.3 Å². The number of methoxy groups -OCH3 is 1. The topological polar surface area (TPSA) is 58.6 Å². The summed E-state index contributed by atoms with van der Waals surface area (Å²) in [6.07, 6.45) is 0.792. The first kappa shape index (κ1) is 20.1. The van der Waals surface area contributed by atoms with Gasteiger partial charge in [0.15, 0.2) is 0 Å². The van der Waals surface area contributed by atoms with E-state index in [0.717, 1.165) is 5.56 Å². The lowest BCUT2D eigenvalue weighted by Crippen LogP contribution is -2.35. The molecule has 2 aromatic rings. The Morgan fingerprint density at radius 2 is 1.88 bits per heavy atom. The highest BCUT2D eigenvalue weighted by Crippen LogP contribution is 2.27. The van der Waals surface area contributed by atoms with Gasteiger partial charge >= 0.3 is 0 Å². The van der Waals surface area contributed by atoms with Gasteiger partial charge in [-0.2, -0.15) is 0 Å². The third-order valence-corrected chi connectivity index (χ3v) is 4.41. The Bertz CT molecular complexity index is 796. The zero-order chi connectivity index (χ0) is 19.1. The van der Waals surface area contributed by atoms with Crippen molar-refractivity contribution in [2.24, 2.45) is 0 Å². The van der Waals surface area contributed by atoms with Gasteiger partial charge in [-0.1, -0.05) is 41.4 Å². The summed E-state index contributed by atoms with van der Waals surface area (Å²) >= 11 is 12.0. The van der Waals surface area contributed by atoms with Crippen LogP contribution in [0.2, 0.25) is 10.0 Å². The fraction of sp³-hybridized carbons (Fsp3) is 0.263. The van der Waals surface area contributed by atoms with E-state index in [4.69, 9.17) is 27.9 Å². The van der Waals surface area contributed by atoms with Crippen LogP contribution in [0.4, 0.5) is 5.69 Å². The number of anilines is 1. The Balaban J connectivity index is 1.89. The highest BCUT2D eigenvalue weighted by atomic mass is 35.5. The van der Waals surface area contributed by atoms with Gasteiger partial charge in [0, 0.05) is 23.5 Å². The monoisotopic (exact) mass is 394 g/mol. The molecule has 0 fully saturated rings. The molecule has 0 atom stereocenters. The molecule has 5 nitrogen and oxygen atoms in total. The minimum Gasteiger partial charge on any atom is -0.495 e. The lowest BCUT2D eigenvalue weighted by atomic mass is 10.1. The fourth-order valence-corrected chi connectivity index (χ4v) is 2.81. The van der Waals surface area contributed by atoms with Crippen LogP contribution in [-0.4, -0.2) is 37.4 Å². The maximum Gasteiger partial charge on any atom is 0.244 e. The van der Waals surface area contributed by atoms with Crippen molar-refractivity contribution in [3.8, 4) is 5.75 Å². The van der Waals surface area contributed by atoms with E-state index in [-0.39, 0.29) is 24.8 Å². The molecule has 0 saturated heterocycles. The number of amides is 2. The molecule has 0 saturated carbocycles. The van der Waals surface area contributed by atoms with Gasteiger partial charge in [-0.3, -0.25) is 9.59 Å². The van der Waals surface area contributed by atoms with Gasteiger partial charge in [0.05, 0.1) is 19.3 Å². The van der Waals surface area contributed by atoms with Crippen molar-refractivity contribution in [3.05, 3.63) is 58.1 Å². The summed E-state index contributed by atoms with van der Waals surface area (Å²) in [5.41, 5.74) is 1.37. The number of nitrogens with one attached hydrogen (secondary N) is 1. The molecule has 0 heterocycles. The molecule has 0 spiro atoms. The van der Waals surface area contributed by atoms with Crippen molar-refractivity contribution in [2.75, 3.05) is 26.0 Å². The Kier molecular flexibility index (Phi) is 7.30. The lowest BCUT2D eigenvalue weighted by Gasteiger charge is -2.18. The van der Waals surface area contributed by atoms with E-state index in [9.17, 15) is 9.59 Å². The van der Waals surface area contributed by atoms with Crippen molar-refractivity contribution in [3.63, 3.8) is 0 Å². The summed E-state index contributed by atoms with van der Waals surface area (Å²) in [7, 11) is 3.09.